The molecule has 0 aliphatic carbocycles. The summed E-state index contributed by atoms with van der Waals surface area (Å²) in [7, 11) is 1.95. The quantitative estimate of drug-likeness (QED) is 0.741. The number of hydrogen-bond donors (Lipinski definition) is 0. The van der Waals surface area contributed by atoms with Crippen LogP contribution in [0.2, 0.25) is 0 Å². The van der Waals surface area contributed by atoms with Crippen LogP contribution in [0.25, 0.3) is 11.3 Å². The molecule has 0 fully saturated rings. The first-order chi connectivity index (χ1) is 11.6. The van der Waals surface area contributed by atoms with Crippen LogP contribution in [-0.2, 0) is 13.5 Å². The maximum Gasteiger partial charge on any atom is 0.122 e. The van der Waals surface area contributed by atoms with Gasteiger partial charge in [0, 0.05) is 18.8 Å². The fourth-order valence-corrected chi connectivity index (χ4v) is 3.47. The van der Waals surface area contributed by atoms with E-state index in [9.17, 15) is 0 Å². The van der Waals surface area contributed by atoms with E-state index in [4.69, 9.17) is 4.74 Å². The Morgan fingerprint density at radius 2 is 2.17 bits per heavy atom. The average Bonchev–Trinajstić information content (AvgIpc) is 3.19. The minimum atomic E-state index is 0.203. The van der Waals surface area contributed by atoms with E-state index in [1.54, 1.807) is 0 Å². The summed E-state index contributed by atoms with van der Waals surface area (Å²) in [5.41, 5.74) is 5.83. The molecule has 0 saturated heterocycles. The monoisotopic (exact) mass is 322 g/mol. The van der Waals surface area contributed by atoms with Crippen molar-refractivity contribution in [3.8, 4) is 17.0 Å². The van der Waals surface area contributed by atoms with E-state index in [-0.39, 0.29) is 6.04 Å². The van der Waals surface area contributed by atoms with E-state index >= 15 is 0 Å². The molecule has 0 spiro atoms. The molecule has 5 nitrogen and oxygen atoms in total. The van der Waals surface area contributed by atoms with Gasteiger partial charge in [0.2, 0.25) is 0 Å². The maximum absolute atomic E-state index is 5.73. The lowest BCUT2D eigenvalue weighted by molar-refractivity contribution is 0.288. The van der Waals surface area contributed by atoms with Crippen molar-refractivity contribution in [2.75, 3.05) is 6.61 Å². The topological polar surface area (TPSA) is 44.9 Å². The molecule has 1 atom stereocenters. The molecule has 0 N–H and O–H groups in total. The number of benzene rings is 1. The first kappa shape index (κ1) is 15.0. The van der Waals surface area contributed by atoms with Crippen LogP contribution < -0.4 is 4.74 Å². The summed E-state index contributed by atoms with van der Waals surface area (Å²) in [4.78, 5) is 4.38. The van der Waals surface area contributed by atoms with E-state index in [1.807, 2.05) is 31.2 Å². The van der Waals surface area contributed by atoms with Gasteiger partial charge in [0.1, 0.15) is 5.75 Å². The largest absolute Gasteiger partial charge is 0.493 e. The molecule has 1 aromatic carbocycles. The van der Waals surface area contributed by atoms with Gasteiger partial charge >= 0.3 is 0 Å². The van der Waals surface area contributed by atoms with Gasteiger partial charge in [-0.25, -0.2) is 4.98 Å². The molecule has 4 rings (SSSR count). The van der Waals surface area contributed by atoms with Crippen molar-refractivity contribution in [1.82, 2.24) is 19.3 Å². The third-order valence-corrected chi connectivity index (χ3v) is 4.79. The van der Waals surface area contributed by atoms with Crippen LogP contribution in [0.4, 0.5) is 0 Å². The Morgan fingerprint density at radius 3 is 2.96 bits per heavy atom. The summed E-state index contributed by atoms with van der Waals surface area (Å²) in [6, 6.07) is 6.74. The summed E-state index contributed by atoms with van der Waals surface area (Å²) >= 11 is 0. The molecule has 1 aliphatic rings. The molecule has 5 heteroatoms. The van der Waals surface area contributed by atoms with Crippen LogP contribution in [0, 0.1) is 6.92 Å². The summed E-state index contributed by atoms with van der Waals surface area (Å²) in [5, 5.41) is 4.46. The van der Waals surface area contributed by atoms with Gasteiger partial charge in [-0.3, -0.25) is 4.68 Å². The normalized spacial score (nSPS) is 15.0. The Balaban J connectivity index is 1.72. The molecular weight excluding hydrogens is 300 g/mol. The Hall–Kier alpha value is -2.56. The first-order valence-electron chi connectivity index (χ1n) is 8.41. The zero-order valence-electron chi connectivity index (χ0n) is 14.4. The van der Waals surface area contributed by atoms with Gasteiger partial charge in [0.15, 0.2) is 0 Å². The predicted molar refractivity (Wildman–Crippen MR) is 93.2 cm³/mol. The van der Waals surface area contributed by atoms with Gasteiger partial charge in [0.25, 0.3) is 0 Å². The highest BCUT2D eigenvalue weighted by Gasteiger charge is 2.18. The number of aromatic nitrogens is 4. The highest BCUT2D eigenvalue weighted by Crippen LogP contribution is 2.32. The molecule has 0 radical (unpaired) electrons. The maximum atomic E-state index is 5.73. The molecule has 3 heterocycles. The van der Waals surface area contributed by atoms with Crippen LogP contribution in [0.5, 0.6) is 5.75 Å². The van der Waals surface area contributed by atoms with Gasteiger partial charge in [0.05, 0.1) is 36.6 Å². The van der Waals surface area contributed by atoms with Crippen molar-refractivity contribution in [2.45, 2.75) is 32.7 Å². The number of fused-ring (bicyclic) bond motifs is 1. The SMILES string of the molecule is Cc1nn(C)cc1-c1cncn1C(C)c1ccc2c(c1)CCCO2. The molecule has 0 bridgehead atoms. The van der Waals surface area contributed by atoms with Crippen molar-refractivity contribution in [1.29, 1.82) is 0 Å². The number of aryl methyl sites for hydroxylation is 3. The van der Waals surface area contributed by atoms with E-state index in [0.29, 0.717) is 0 Å². The highest BCUT2D eigenvalue weighted by atomic mass is 16.5. The van der Waals surface area contributed by atoms with Crippen molar-refractivity contribution in [3.63, 3.8) is 0 Å². The van der Waals surface area contributed by atoms with Gasteiger partial charge in [-0.2, -0.15) is 5.10 Å². The lowest BCUT2D eigenvalue weighted by Crippen LogP contribution is -2.11. The first-order valence-corrected chi connectivity index (χ1v) is 8.41. The minimum absolute atomic E-state index is 0.203. The van der Waals surface area contributed by atoms with Crippen molar-refractivity contribution < 1.29 is 4.74 Å². The Bertz CT molecular complexity index is 877. The van der Waals surface area contributed by atoms with Crippen LogP contribution in [0.3, 0.4) is 0 Å². The second-order valence-electron chi connectivity index (χ2n) is 6.48. The zero-order valence-corrected chi connectivity index (χ0v) is 14.4. The van der Waals surface area contributed by atoms with Crippen molar-refractivity contribution in [3.05, 3.63) is 53.7 Å². The smallest absolute Gasteiger partial charge is 0.122 e. The summed E-state index contributed by atoms with van der Waals surface area (Å²) in [6.07, 6.45) is 8.06. The van der Waals surface area contributed by atoms with Gasteiger partial charge in [-0.05, 0) is 43.9 Å². The van der Waals surface area contributed by atoms with Crippen LogP contribution in [0.15, 0.2) is 36.9 Å². The minimum Gasteiger partial charge on any atom is -0.493 e. The number of rotatable bonds is 3. The lowest BCUT2D eigenvalue weighted by atomic mass is 9.99. The third-order valence-electron chi connectivity index (χ3n) is 4.79. The van der Waals surface area contributed by atoms with Crippen molar-refractivity contribution in [2.24, 2.45) is 7.05 Å². The lowest BCUT2D eigenvalue weighted by Gasteiger charge is -2.21. The second kappa shape index (κ2) is 5.82. The van der Waals surface area contributed by atoms with Gasteiger partial charge in [-0.15, -0.1) is 0 Å². The van der Waals surface area contributed by atoms with E-state index in [1.165, 1.54) is 11.1 Å². The summed E-state index contributed by atoms with van der Waals surface area (Å²) < 4.78 is 9.80. The molecule has 0 amide bonds. The zero-order chi connectivity index (χ0) is 16.7. The van der Waals surface area contributed by atoms with Gasteiger partial charge in [-0.1, -0.05) is 12.1 Å². The van der Waals surface area contributed by atoms with Crippen molar-refractivity contribution >= 4 is 0 Å². The molecule has 124 valence electrons. The van der Waals surface area contributed by atoms with E-state index in [2.05, 4.69) is 46.0 Å². The Labute approximate surface area is 141 Å². The standard InChI is InChI=1S/C19H22N4O/c1-13-17(11-22(3)21-13)18-10-20-12-23(18)14(2)15-6-7-19-16(9-15)5-4-8-24-19/h6-7,9-12,14H,4-5,8H2,1-3H3. The summed E-state index contributed by atoms with van der Waals surface area (Å²) in [5.74, 6) is 1.03. The molecule has 1 aliphatic heterocycles. The Kier molecular flexibility index (Phi) is 3.63. The molecule has 1 unspecified atom stereocenters. The van der Waals surface area contributed by atoms with Crippen LogP contribution in [0.1, 0.15) is 36.2 Å². The molecule has 3 aromatic rings. The fourth-order valence-electron chi connectivity index (χ4n) is 3.47. The number of hydrogen-bond acceptors (Lipinski definition) is 3. The third kappa shape index (κ3) is 2.50. The van der Waals surface area contributed by atoms with Gasteiger partial charge < -0.3 is 9.30 Å². The Morgan fingerprint density at radius 1 is 1.29 bits per heavy atom. The molecule has 2 aromatic heterocycles. The number of nitrogens with zero attached hydrogens (tertiary/aromatic N) is 4. The predicted octanol–water partition coefficient (Wildman–Crippen LogP) is 3.53. The average molecular weight is 322 g/mol. The number of imidazole rings is 1. The number of ether oxygens (including phenoxy) is 1. The summed E-state index contributed by atoms with van der Waals surface area (Å²) in [6.45, 7) is 5.07. The molecular formula is C19H22N4O. The molecule has 0 saturated carbocycles. The van der Waals surface area contributed by atoms with E-state index in [0.717, 1.165) is 42.1 Å². The second-order valence-corrected chi connectivity index (χ2v) is 6.48. The highest BCUT2D eigenvalue weighted by molar-refractivity contribution is 5.61. The molecule has 24 heavy (non-hydrogen) atoms. The fraction of sp³-hybridized carbons (Fsp3) is 0.368. The van der Waals surface area contributed by atoms with Crippen LogP contribution in [-0.4, -0.2) is 25.9 Å². The van der Waals surface area contributed by atoms with E-state index < -0.39 is 0 Å². The van der Waals surface area contributed by atoms with Crippen LogP contribution >= 0.6 is 0 Å².